The molecule has 0 atom stereocenters. The molecule has 4 nitrogen and oxygen atoms in total. The van der Waals surface area contributed by atoms with Gasteiger partial charge in [-0.1, -0.05) is 30.3 Å². The Morgan fingerprint density at radius 1 is 1.00 bits per heavy atom. The average Bonchev–Trinajstić information content (AvgIpc) is 2.54. The number of hydrogen-bond acceptors (Lipinski definition) is 3. The van der Waals surface area contributed by atoms with Gasteiger partial charge >= 0.3 is 0 Å². The van der Waals surface area contributed by atoms with E-state index >= 15 is 0 Å². The van der Waals surface area contributed by atoms with E-state index < -0.39 is 11.8 Å². The summed E-state index contributed by atoms with van der Waals surface area (Å²) in [6.07, 6.45) is 0. The number of halogens is 1. The van der Waals surface area contributed by atoms with Gasteiger partial charge in [0.15, 0.2) is 0 Å². The molecule has 0 saturated carbocycles. The van der Waals surface area contributed by atoms with Gasteiger partial charge in [0.1, 0.15) is 18.2 Å². The molecule has 0 heterocycles. The molecule has 2 amide bonds. The molecule has 21 heavy (non-hydrogen) atoms. The predicted octanol–water partition coefficient (Wildman–Crippen LogP) is 2.76. The van der Waals surface area contributed by atoms with Gasteiger partial charge < -0.3 is 4.74 Å². The lowest BCUT2D eigenvalue weighted by Crippen LogP contribution is -2.31. The standard InChI is InChI=1S/C16H14ClNO3/c17-10-15(19)18-16(20)13-6-8-14(9-7-13)21-11-12-4-2-1-3-5-12/h1-9H,10-11H2,(H,18,19,20). The Balaban J connectivity index is 1.93. The highest BCUT2D eigenvalue weighted by atomic mass is 35.5. The SMILES string of the molecule is O=C(CCl)NC(=O)c1ccc(OCc2ccccc2)cc1. The third kappa shape index (κ3) is 4.61. The molecule has 5 heteroatoms. The van der Waals surface area contributed by atoms with E-state index in [1.165, 1.54) is 0 Å². The maximum absolute atomic E-state index is 11.7. The van der Waals surface area contributed by atoms with Gasteiger partial charge in [-0.15, -0.1) is 11.6 Å². The molecule has 2 aromatic carbocycles. The zero-order chi connectivity index (χ0) is 15.1. The van der Waals surface area contributed by atoms with Crippen molar-refractivity contribution >= 4 is 23.4 Å². The Bertz CT molecular complexity index is 611. The topological polar surface area (TPSA) is 55.4 Å². The van der Waals surface area contributed by atoms with E-state index in [-0.39, 0.29) is 5.88 Å². The molecule has 2 aromatic rings. The van der Waals surface area contributed by atoms with Gasteiger partial charge in [-0.05, 0) is 29.8 Å². The van der Waals surface area contributed by atoms with Gasteiger partial charge in [-0.25, -0.2) is 0 Å². The smallest absolute Gasteiger partial charge is 0.257 e. The first-order chi connectivity index (χ1) is 10.2. The molecule has 0 fully saturated rings. The van der Waals surface area contributed by atoms with Crippen LogP contribution in [0.1, 0.15) is 15.9 Å². The van der Waals surface area contributed by atoms with Crippen molar-refractivity contribution in [2.45, 2.75) is 6.61 Å². The van der Waals surface area contributed by atoms with E-state index in [2.05, 4.69) is 5.32 Å². The van der Waals surface area contributed by atoms with Crippen molar-refractivity contribution < 1.29 is 14.3 Å². The second-order valence-electron chi connectivity index (χ2n) is 4.31. The van der Waals surface area contributed by atoms with E-state index in [1.54, 1.807) is 24.3 Å². The van der Waals surface area contributed by atoms with Crippen LogP contribution in [0.25, 0.3) is 0 Å². The average molecular weight is 304 g/mol. The molecule has 0 aliphatic heterocycles. The quantitative estimate of drug-likeness (QED) is 0.864. The first-order valence-electron chi connectivity index (χ1n) is 6.36. The van der Waals surface area contributed by atoms with Gasteiger partial charge in [-0.2, -0.15) is 0 Å². The van der Waals surface area contributed by atoms with Crippen LogP contribution in [0.3, 0.4) is 0 Å². The minimum absolute atomic E-state index is 0.246. The second-order valence-corrected chi connectivity index (χ2v) is 4.58. The van der Waals surface area contributed by atoms with Crippen molar-refractivity contribution in [2.24, 2.45) is 0 Å². The number of rotatable bonds is 5. The Hall–Kier alpha value is -2.33. The van der Waals surface area contributed by atoms with Crippen LogP contribution in [0, 0.1) is 0 Å². The van der Waals surface area contributed by atoms with Crippen molar-refractivity contribution in [3.63, 3.8) is 0 Å². The molecule has 2 rings (SSSR count). The molecule has 0 radical (unpaired) electrons. The van der Waals surface area contributed by atoms with Crippen LogP contribution in [0.2, 0.25) is 0 Å². The summed E-state index contributed by atoms with van der Waals surface area (Å²) >= 11 is 5.32. The van der Waals surface area contributed by atoms with Crippen LogP contribution < -0.4 is 10.1 Å². The molecule has 0 aromatic heterocycles. The molecule has 0 aliphatic rings. The fourth-order valence-corrected chi connectivity index (χ4v) is 1.74. The van der Waals surface area contributed by atoms with Crippen LogP contribution in [0.15, 0.2) is 54.6 Å². The van der Waals surface area contributed by atoms with Crippen molar-refractivity contribution in [3.8, 4) is 5.75 Å². The van der Waals surface area contributed by atoms with Gasteiger partial charge in [0.25, 0.3) is 5.91 Å². The number of ether oxygens (including phenoxy) is 1. The lowest BCUT2D eigenvalue weighted by Gasteiger charge is -2.07. The summed E-state index contributed by atoms with van der Waals surface area (Å²) in [6.45, 7) is 0.455. The van der Waals surface area contributed by atoms with Crippen LogP contribution in [-0.4, -0.2) is 17.7 Å². The van der Waals surface area contributed by atoms with Crippen molar-refractivity contribution in [2.75, 3.05) is 5.88 Å². The largest absolute Gasteiger partial charge is 0.489 e. The molecule has 0 saturated heterocycles. The lowest BCUT2D eigenvalue weighted by atomic mass is 10.2. The fourth-order valence-electron chi connectivity index (χ4n) is 1.68. The normalized spacial score (nSPS) is 9.95. The Kier molecular flexibility index (Phi) is 5.35. The number of amides is 2. The minimum Gasteiger partial charge on any atom is -0.489 e. The second kappa shape index (κ2) is 7.45. The van der Waals surface area contributed by atoms with Crippen molar-refractivity contribution in [3.05, 3.63) is 65.7 Å². The number of carbonyl (C=O) groups is 2. The first-order valence-corrected chi connectivity index (χ1v) is 6.89. The van der Waals surface area contributed by atoms with Gasteiger partial charge in [0, 0.05) is 5.56 Å². The molecular weight excluding hydrogens is 290 g/mol. The Morgan fingerprint density at radius 2 is 1.67 bits per heavy atom. The van der Waals surface area contributed by atoms with E-state index in [1.807, 2.05) is 30.3 Å². The maximum atomic E-state index is 11.7. The highest BCUT2D eigenvalue weighted by Crippen LogP contribution is 2.14. The predicted molar refractivity (Wildman–Crippen MR) is 80.4 cm³/mol. The summed E-state index contributed by atoms with van der Waals surface area (Å²) in [7, 11) is 0. The minimum atomic E-state index is -0.522. The summed E-state index contributed by atoms with van der Waals surface area (Å²) in [5.74, 6) is -0.593. The molecule has 1 N–H and O–H groups in total. The maximum Gasteiger partial charge on any atom is 0.257 e. The number of imide groups is 1. The summed E-state index contributed by atoms with van der Waals surface area (Å²) in [5, 5.41) is 2.17. The molecule has 0 unspecified atom stereocenters. The monoisotopic (exact) mass is 303 g/mol. The number of nitrogens with one attached hydrogen (secondary N) is 1. The Morgan fingerprint density at radius 3 is 2.29 bits per heavy atom. The zero-order valence-corrected chi connectivity index (χ0v) is 12.0. The highest BCUT2D eigenvalue weighted by Gasteiger charge is 2.09. The van der Waals surface area contributed by atoms with Crippen LogP contribution in [0.4, 0.5) is 0 Å². The fraction of sp³-hybridized carbons (Fsp3) is 0.125. The number of carbonyl (C=O) groups excluding carboxylic acids is 2. The molecule has 108 valence electrons. The van der Waals surface area contributed by atoms with Gasteiger partial charge in [0.05, 0.1) is 0 Å². The number of alkyl halides is 1. The zero-order valence-electron chi connectivity index (χ0n) is 11.2. The van der Waals surface area contributed by atoms with Crippen molar-refractivity contribution in [1.29, 1.82) is 0 Å². The number of benzene rings is 2. The molecule has 0 aliphatic carbocycles. The van der Waals surface area contributed by atoms with Gasteiger partial charge in [-0.3, -0.25) is 14.9 Å². The van der Waals surface area contributed by atoms with Crippen LogP contribution >= 0.6 is 11.6 Å². The summed E-state index contributed by atoms with van der Waals surface area (Å²) in [4.78, 5) is 22.7. The Labute approximate surface area is 127 Å². The van der Waals surface area contributed by atoms with E-state index in [4.69, 9.17) is 16.3 Å². The summed E-state index contributed by atoms with van der Waals surface area (Å²) < 4.78 is 5.61. The van der Waals surface area contributed by atoms with Crippen molar-refractivity contribution in [1.82, 2.24) is 5.32 Å². The first kappa shape index (κ1) is 15.1. The van der Waals surface area contributed by atoms with E-state index in [9.17, 15) is 9.59 Å². The lowest BCUT2D eigenvalue weighted by molar-refractivity contribution is -0.117. The third-order valence-electron chi connectivity index (χ3n) is 2.74. The summed E-state index contributed by atoms with van der Waals surface area (Å²) in [6, 6.07) is 16.3. The van der Waals surface area contributed by atoms with Crippen LogP contribution in [0.5, 0.6) is 5.75 Å². The van der Waals surface area contributed by atoms with E-state index in [0.717, 1.165) is 5.56 Å². The van der Waals surface area contributed by atoms with E-state index in [0.29, 0.717) is 17.9 Å². The molecular formula is C16H14ClNO3. The van der Waals surface area contributed by atoms with Gasteiger partial charge in [0.2, 0.25) is 5.91 Å². The highest BCUT2D eigenvalue weighted by molar-refractivity contribution is 6.28. The third-order valence-corrected chi connectivity index (χ3v) is 2.98. The molecule has 0 spiro atoms. The number of hydrogen-bond donors (Lipinski definition) is 1. The molecule has 0 bridgehead atoms. The summed E-state index contributed by atoms with van der Waals surface area (Å²) in [5.41, 5.74) is 1.44. The van der Waals surface area contributed by atoms with Crippen LogP contribution in [-0.2, 0) is 11.4 Å².